The van der Waals surface area contributed by atoms with Gasteiger partial charge in [-0.2, -0.15) is 0 Å². The molecule has 2 aromatic carbocycles. The average molecular weight is 468 g/mol. The van der Waals surface area contributed by atoms with Crippen LogP contribution in [0.25, 0.3) is 0 Å². The topological polar surface area (TPSA) is 102 Å². The van der Waals surface area contributed by atoms with Crippen molar-refractivity contribution in [2.75, 3.05) is 48.9 Å². The minimum atomic E-state index is -0.469. The zero-order valence-electron chi connectivity index (χ0n) is 18.3. The Hall–Kier alpha value is -3.49. The number of ether oxygens (including phenoxy) is 2. The number of nitrogens with one attached hydrogen (secondary N) is 2. The van der Waals surface area contributed by atoms with Crippen molar-refractivity contribution < 1.29 is 14.3 Å². The minimum Gasteiger partial charge on any atom is -0.494 e. The van der Waals surface area contributed by atoms with Gasteiger partial charge in [0.25, 0.3) is 0 Å². The average Bonchev–Trinajstić information content (AvgIpc) is 2.85. The Morgan fingerprint density at radius 1 is 1.18 bits per heavy atom. The van der Waals surface area contributed by atoms with Gasteiger partial charge in [0.2, 0.25) is 5.91 Å². The lowest BCUT2D eigenvalue weighted by Crippen LogP contribution is -2.36. The largest absolute Gasteiger partial charge is 0.494 e. The van der Waals surface area contributed by atoms with E-state index in [-0.39, 0.29) is 0 Å². The molecule has 4 rings (SSSR count). The van der Waals surface area contributed by atoms with E-state index in [0.717, 1.165) is 43.2 Å². The maximum atomic E-state index is 11.7. The molecular weight excluding hydrogens is 442 g/mol. The number of pyridine rings is 1. The second kappa shape index (κ2) is 10.4. The highest BCUT2D eigenvalue weighted by atomic mass is 35.5. The van der Waals surface area contributed by atoms with Gasteiger partial charge in [0.15, 0.2) is 0 Å². The number of carbonyl (C=O) groups is 1. The van der Waals surface area contributed by atoms with Gasteiger partial charge in [0.05, 0.1) is 42.9 Å². The normalized spacial score (nSPS) is 13.5. The molecule has 0 aliphatic carbocycles. The molecule has 1 fully saturated rings. The summed E-state index contributed by atoms with van der Waals surface area (Å²) in [6.45, 7) is 3.53. The predicted molar refractivity (Wildman–Crippen MR) is 131 cm³/mol. The molecule has 1 saturated heterocycles. The van der Waals surface area contributed by atoms with E-state index in [0.29, 0.717) is 34.4 Å². The molecule has 172 valence electrons. The third-order valence-corrected chi connectivity index (χ3v) is 5.73. The first-order valence-electron chi connectivity index (χ1n) is 10.6. The lowest BCUT2D eigenvalue weighted by Gasteiger charge is -2.29. The number of nitrogens with two attached hydrogens (primary N) is 1. The molecule has 2 heterocycles. The van der Waals surface area contributed by atoms with Crippen LogP contribution in [0.4, 0.5) is 22.9 Å². The van der Waals surface area contributed by atoms with Gasteiger partial charge >= 0.3 is 0 Å². The van der Waals surface area contributed by atoms with Crippen LogP contribution < -0.4 is 26.0 Å². The van der Waals surface area contributed by atoms with Crippen LogP contribution in [0.3, 0.4) is 0 Å². The van der Waals surface area contributed by atoms with Crippen molar-refractivity contribution in [2.24, 2.45) is 5.73 Å². The Bertz CT molecular complexity index is 1130. The maximum Gasteiger partial charge on any atom is 0.249 e. The van der Waals surface area contributed by atoms with Gasteiger partial charge in [-0.25, -0.2) is 4.98 Å². The van der Waals surface area contributed by atoms with Crippen LogP contribution in [0.5, 0.6) is 5.75 Å². The number of morpholine rings is 1. The summed E-state index contributed by atoms with van der Waals surface area (Å²) >= 11 is 6.35. The number of methoxy groups -OCH3 is 1. The van der Waals surface area contributed by atoms with Gasteiger partial charge in [-0.1, -0.05) is 29.8 Å². The molecule has 9 heteroatoms. The van der Waals surface area contributed by atoms with Crippen LogP contribution >= 0.6 is 11.6 Å². The number of benzene rings is 2. The molecule has 0 bridgehead atoms. The molecule has 1 aliphatic heterocycles. The Kier molecular flexibility index (Phi) is 7.16. The molecule has 3 aromatic rings. The second-order valence-corrected chi connectivity index (χ2v) is 7.94. The summed E-state index contributed by atoms with van der Waals surface area (Å²) in [6.07, 6.45) is 1.57. The van der Waals surface area contributed by atoms with E-state index in [1.807, 2.05) is 36.4 Å². The Balaban J connectivity index is 1.50. The number of amides is 1. The molecule has 0 atom stereocenters. The van der Waals surface area contributed by atoms with Crippen LogP contribution in [0.2, 0.25) is 5.02 Å². The SMILES string of the molecule is COc1cc(N2CCOCC2)ccc1Nc1cc(NCc2ccccc2C(N)=O)c(Cl)cn1. The van der Waals surface area contributed by atoms with Crippen LogP contribution in [0.15, 0.2) is 54.7 Å². The minimum absolute atomic E-state index is 0.389. The Morgan fingerprint density at radius 3 is 2.73 bits per heavy atom. The zero-order chi connectivity index (χ0) is 23.2. The maximum absolute atomic E-state index is 11.7. The van der Waals surface area contributed by atoms with Crippen molar-refractivity contribution in [3.05, 3.63) is 70.9 Å². The van der Waals surface area contributed by atoms with E-state index < -0.39 is 5.91 Å². The van der Waals surface area contributed by atoms with Crippen molar-refractivity contribution in [1.82, 2.24) is 4.98 Å². The van der Waals surface area contributed by atoms with Crippen LogP contribution in [-0.4, -0.2) is 44.3 Å². The predicted octanol–water partition coefficient (Wildman–Crippen LogP) is 4.03. The summed E-state index contributed by atoms with van der Waals surface area (Å²) in [6, 6.07) is 15.0. The number of hydrogen-bond acceptors (Lipinski definition) is 7. The van der Waals surface area contributed by atoms with Crippen molar-refractivity contribution in [2.45, 2.75) is 6.54 Å². The fourth-order valence-electron chi connectivity index (χ4n) is 3.69. The van der Waals surface area contributed by atoms with Gasteiger partial charge in [0.1, 0.15) is 11.6 Å². The van der Waals surface area contributed by atoms with Crippen LogP contribution in [0.1, 0.15) is 15.9 Å². The first-order valence-corrected chi connectivity index (χ1v) is 11.0. The summed E-state index contributed by atoms with van der Waals surface area (Å²) < 4.78 is 11.0. The molecular formula is C24H26ClN5O3. The number of nitrogens with zero attached hydrogens (tertiary/aromatic N) is 2. The Labute approximate surface area is 197 Å². The molecule has 8 nitrogen and oxygen atoms in total. The highest BCUT2D eigenvalue weighted by molar-refractivity contribution is 6.33. The standard InChI is InChI=1S/C24H26ClN5O3/c1-32-22-12-17(30-8-10-33-11-9-30)6-7-20(22)29-23-13-21(19(25)15-28-23)27-14-16-4-2-3-5-18(16)24(26)31/h2-7,12-13,15H,8-11,14H2,1H3,(H2,26,31)(H2,27,28,29). The van der Waals surface area contributed by atoms with E-state index in [2.05, 4.69) is 20.5 Å². The molecule has 1 aliphatic rings. The third kappa shape index (κ3) is 5.47. The number of rotatable bonds is 8. The molecule has 1 amide bonds. The first-order chi connectivity index (χ1) is 16.0. The van der Waals surface area contributed by atoms with E-state index >= 15 is 0 Å². The Morgan fingerprint density at radius 2 is 1.97 bits per heavy atom. The number of anilines is 4. The number of halogens is 1. The molecule has 0 unspecified atom stereocenters. The van der Waals surface area contributed by atoms with E-state index in [9.17, 15) is 4.79 Å². The van der Waals surface area contributed by atoms with E-state index in [1.165, 1.54) is 0 Å². The van der Waals surface area contributed by atoms with Crippen molar-refractivity contribution in [3.63, 3.8) is 0 Å². The van der Waals surface area contributed by atoms with Gasteiger partial charge in [0, 0.05) is 43.0 Å². The van der Waals surface area contributed by atoms with Gasteiger partial charge in [-0.3, -0.25) is 4.79 Å². The zero-order valence-corrected chi connectivity index (χ0v) is 19.1. The van der Waals surface area contributed by atoms with Crippen molar-refractivity contribution >= 4 is 40.4 Å². The summed E-state index contributed by atoms with van der Waals surface area (Å²) in [5.41, 5.74) is 9.28. The monoisotopic (exact) mass is 467 g/mol. The highest BCUT2D eigenvalue weighted by Gasteiger charge is 2.14. The van der Waals surface area contributed by atoms with E-state index in [1.54, 1.807) is 25.4 Å². The second-order valence-electron chi connectivity index (χ2n) is 7.53. The molecule has 0 radical (unpaired) electrons. The number of primary amides is 1. The number of carbonyl (C=O) groups excluding carboxylic acids is 1. The fraction of sp³-hybridized carbons (Fsp3) is 0.250. The van der Waals surface area contributed by atoms with Gasteiger partial charge in [-0.05, 0) is 23.8 Å². The molecule has 0 saturated carbocycles. The van der Waals surface area contributed by atoms with Crippen molar-refractivity contribution in [1.29, 1.82) is 0 Å². The third-order valence-electron chi connectivity index (χ3n) is 5.43. The molecule has 0 spiro atoms. The van der Waals surface area contributed by atoms with Crippen molar-refractivity contribution in [3.8, 4) is 5.75 Å². The van der Waals surface area contributed by atoms with Crippen LogP contribution in [0, 0.1) is 0 Å². The number of hydrogen-bond donors (Lipinski definition) is 3. The molecule has 33 heavy (non-hydrogen) atoms. The highest BCUT2D eigenvalue weighted by Crippen LogP contribution is 2.33. The van der Waals surface area contributed by atoms with Gasteiger partial charge < -0.3 is 30.7 Å². The number of aromatic nitrogens is 1. The summed E-state index contributed by atoms with van der Waals surface area (Å²) in [5, 5.41) is 7.02. The van der Waals surface area contributed by atoms with E-state index in [4.69, 9.17) is 26.8 Å². The molecule has 4 N–H and O–H groups in total. The summed E-state index contributed by atoms with van der Waals surface area (Å²) in [4.78, 5) is 18.3. The van der Waals surface area contributed by atoms with Crippen LogP contribution in [-0.2, 0) is 11.3 Å². The lowest BCUT2D eigenvalue weighted by atomic mass is 10.1. The quantitative estimate of drug-likeness (QED) is 0.459. The lowest BCUT2D eigenvalue weighted by molar-refractivity contribution is 0.0999. The summed E-state index contributed by atoms with van der Waals surface area (Å²) in [5.74, 6) is 0.839. The fourth-order valence-corrected chi connectivity index (χ4v) is 3.86. The first kappa shape index (κ1) is 22.7. The molecule has 1 aromatic heterocycles. The summed E-state index contributed by atoms with van der Waals surface area (Å²) in [7, 11) is 1.64. The smallest absolute Gasteiger partial charge is 0.249 e. The van der Waals surface area contributed by atoms with Gasteiger partial charge in [-0.15, -0.1) is 0 Å².